The van der Waals surface area contributed by atoms with Crippen LogP contribution >= 0.6 is 0 Å². The fourth-order valence-corrected chi connectivity index (χ4v) is 7.24. The minimum atomic E-state index is -0.920. The first-order chi connectivity index (χ1) is 23.3. The number of carbonyl (C=O) groups excluding carboxylic acids is 3. The number of nitrogens with zero attached hydrogens (tertiary/aromatic N) is 5. The number of methoxy groups -OCH3 is 2. The molecule has 2 fully saturated rings. The minimum Gasteiger partial charge on any atom is -0.495 e. The smallest absolute Gasteiger partial charge is 0.410 e. The molecule has 0 radical (unpaired) electrons. The van der Waals surface area contributed by atoms with Crippen molar-refractivity contribution in [2.24, 2.45) is 0 Å². The number of ether oxygens (including phenoxy) is 3. The van der Waals surface area contributed by atoms with Gasteiger partial charge in [0.15, 0.2) is 5.82 Å². The third-order valence-corrected chi connectivity index (χ3v) is 9.81. The standard InChI is InChI=1S/C35H51N7O7/c1-8-25-31(45)40(5)26-20-36-32(38-29(26)42(25)23-11-9-10-12-23)37-24-14-13-22(19-27(24)47-6)30(44)39-35(16-18-43)15-17-41(21-28(35)48-7)33(46)49-34(2,3)4/h13-14,19-20,23,25,28,43H,8-12,15-18,21H2,1-7H3,(H,39,44)(H,36,37,38)/t25-,28?,35?/m1/s1. The molecule has 3 N–H and O–H groups in total. The number of amides is 3. The Kier molecular flexibility index (Phi) is 10.9. The summed E-state index contributed by atoms with van der Waals surface area (Å²) in [4.78, 5) is 54.6. The van der Waals surface area contributed by atoms with Gasteiger partial charge in [-0.25, -0.2) is 9.78 Å². The summed E-state index contributed by atoms with van der Waals surface area (Å²) in [6.07, 6.45) is 6.20. The molecule has 14 nitrogen and oxygen atoms in total. The number of anilines is 4. The quantitative estimate of drug-likeness (QED) is 0.329. The van der Waals surface area contributed by atoms with Crippen LogP contribution in [0.25, 0.3) is 0 Å². The maximum Gasteiger partial charge on any atom is 0.410 e. The van der Waals surface area contributed by atoms with Crippen LogP contribution in [0.2, 0.25) is 0 Å². The summed E-state index contributed by atoms with van der Waals surface area (Å²) in [5.74, 6) is 1.15. The molecule has 1 aliphatic carbocycles. The van der Waals surface area contributed by atoms with E-state index in [9.17, 15) is 19.5 Å². The summed E-state index contributed by atoms with van der Waals surface area (Å²) in [5, 5.41) is 16.4. The molecule has 0 spiro atoms. The molecule has 5 rings (SSSR count). The number of benzene rings is 1. The number of nitrogens with one attached hydrogen (secondary N) is 2. The molecule has 1 aromatic heterocycles. The minimum absolute atomic E-state index is 0.0490. The lowest BCUT2D eigenvalue weighted by Gasteiger charge is -2.47. The number of aliphatic hydroxyl groups is 1. The molecule has 1 saturated heterocycles. The van der Waals surface area contributed by atoms with Crippen LogP contribution in [0.1, 0.15) is 83.0 Å². The number of fused-ring (bicyclic) bond motifs is 1. The highest BCUT2D eigenvalue weighted by Gasteiger charge is 2.46. The van der Waals surface area contributed by atoms with Crippen LogP contribution in [0.3, 0.4) is 0 Å². The fourth-order valence-electron chi connectivity index (χ4n) is 7.24. The van der Waals surface area contributed by atoms with Gasteiger partial charge in [0, 0.05) is 38.9 Å². The normalized spacial score (nSPS) is 22.9. The number of rotatable bonds is 10. The van der Waals surface area contributed by atoms with Crippen LogP contribution in [-0.4, -0.2) is 108 Å². The highest BCUT2D eigenvalue weighted by atomic mass is 16.6. The van der Waals surface area contributed by atoms with Gasteiger partial charge >= 0.3 is 6.09 Å². The monoisotopic (exact) mass is 681 g/mol. The van der Waals surface area contributed by atoms with E-state index in [-0.39, 0.29) is 43.5 Å². The maximum atomic E-state index is 13.7. The fraction of sp³-hybridized carbons (Fsp3) is 0.629. The van der Waals surface area contributed by atoms with Crippen LogP contribution in [0.5, 0.6) is 5.75 Å². The summed E-state index contributed by atoms with van der Waals surface area (Å²) < 4.78 is 17.0. The zero-order chi connectivity index (χ0) is 35.5. The molecule has 3 heterocycles. The van der Waals surface area contributed by atoms with E-state index in [1.807, 2.05) is 27.7 Å². The number of hydrogen-bond acceptors (Lipinski definition) is 11. The van der Waals surface area contributed by atoms with Crippen LogP contribution in [0.15, 0.2) is 24.4 Å². The third-order valence-electron chi connectivity index (χ3n) is 9.81. The SMILES string of the molecule is CC[C@@H]1C(=O)N(C)c2cnc(Nc3ccc(C(=O)NC4(CCO)CCN(C(=O)OC(C)(C)C)CC4OC)cc3OC)nc2N1C1CCCC1. The zero-order valence-corrected chi connectivity index (χ0v) is 29.7. The van der Waals surface area contributed by atoms with Gasteiger partial charge in [-0.05, 0) is 71.1 Å². The first-order valence-corrected chi connectivity index (χ1v) is 17.2. The van der Waals surface area contributed by atoms with E-state index in [4.69, 9.17) is 19.2 Å². The molecular formula is C35H51N7O7. The van der Waals surface area contributed by atoms with Crippen LogP contribution < -0.4 is 25.2 Å². The molecule has 268 valence electrons. The Hall–Kier alpha value is -4.17. The molecule has 2 unspecified atom stereocenters. The molecule has 14 heteroatoms. The van der Waals surface area contributed by atoms with Crippen molar-refractivity contribution in [1.82, 2.24) is 20.2 Å². The van der Waals surface area contributed by atoms with E-state index in [1.165, 1.54) is 14.2 Å². The van der Waals surface area contributed by atoms with Gasteiger partial charge in [0.05, 0.1) is 37.2 Å². The van der Waals surface area contributed by atoms with E-state index < -0.39 is 23.3 Å². The Balaban J connectivity index is 1.36. The van der Waals surface area contributed by atoms with E-state index in [2.05, 4.69) is 20.5 Å². The predicted octanol–water partition coefficient (Wildman–Crippen LogP) is 4.24. The second-order valence-corrected chi connectivity index (χ2v) is 14.1. The average Bonchev–Trinajstić information content (AvgIpc) is 3.60. The third kappa shape index (κ3) is 7.54. The molecule has 49 heavy (non-hydrogen) atoms. The molecule has 0 bridgehead atoms. The summed E-state index contributed by atoms with van der Waals surface area (Å²) in [6, 6.07) is 4.99. The summed E-state index contributed by atoms with van der Waals surface area (Å²) in [7, 11) is 4.81. The highest BCUT2D eigenvalue weighted by Crippen LogP contribution is 2.40. The predicted molar refractivity (Wildman–Crippen MR) is 186 cm³/mol. The van der Waals surface area contributed by atoms with Gasteiger partial charge in [0.25, 0.3) is 5.91 Å². The van der Waals surface area contributed by atoms with Crippen molar-refractivity contribution in [3.05, 3.63) is 30.0 Å². The lowest BCUT2D eigenvalue weighted by atomic mass is 9.81. The maximum absolute atomic E-state index is 13.7. The van der Waals surface area contributed by atoms with Crippen molar-refractivity contribution in [2.45, 2.75) is 102 Å². The summed E-state index contributed by atoms with van der Waals surface area (Å²) in [5.41, 5.74) is 0.00772. The molecule has 2 aromatic rings. The van der Waals surface area contributed by atoms with Gasteiger partial charge in [-0.1, -0.05) is 19.8 Å². The Morgan fingerprint density at radius 3 is 2.53 bits per heavy atom. The lowest BCUT2D eigenvalue weighted by Crippen LogP contribution is -2.65. The Bertz CT molecular complexity index is 1530. The van der Waals surface area contributed by atoms with E-state index in [0.29, 0.717) is 48.0 Å². The number of aliphatic hydroxyl groups excluding tert-OH is 1. The Morgan fingerprint density at radius 2 is 1.90 bits per heavy atom. The van der Waals surface area contributed by atoms with Crippen LogP contribution in [-0.2, 0) is 14.3 Å². The number of aromatic nitrogens is 2. The molecule has 1 saturated carbocycles. The van der Waals surface area contributed by atoms with Gasteiger partial charge < -0.3 is 44.7 Å². The zero-order valence-electron chi connectivity index (χ0n) is 29.7. The van der Waals surface area contributed by atoms with E-state index >= 15 is 0 Å². The van der Waals surface area contributed by atoms with Gasteiger partial charge in [-0.3, -0.25) is 9.59 Å². The number of likely N-dealkylation sites (tertiary alicyclic amines) is 1. The molecule has 3 amide bonds. The number of likely N-dealkylation sites (N-methyl/N-ethyl adjacent to an activating group) is 1. The van der Waals surface area contributed by atoms with Crippen molar-refractivity contribution >= 4 is 41.0 Å². The highest BCUT2D eigenvalue weighted by molar-refractivity contribution is 6.04. The number of piperidine rings is 1. The molecule has 2 aliphatic heterocycles. The Morgan fingerprint density at radius 1 is 1.16 bits per heavy atom. The molecule has 3 atom stereocenters. The average molecular weight is 682 g/mol. The second kappa shape index (κ2) is 14.8. The summed E-state index contributed by atoms with van der Waals surface area (Å²) >= 11 is 0. The van der Waals surface area contributed by atoms with Gasteiger partial charge in [-0.15, -0.1) is 0 Å². The molecule has 3 aliphatic rings. The van der Waals surface area contributed by atoms with Crippen LogP contribution in [0.4, 0.5) is 27.9 Å². The van der Waals surface area contributed by atoms with Gasteiger partial charge in [0.2, 0.25) is 11.9 Å². The molecular weight excluding hydrogens is 630 g/mol. The Labute approximate surface area is 288 Å². The van der Waals surface area contributed by atoms with Gasteiger partial charge in [0.1, 0.15) is 23.1 Å². The van der Waals surface area contributed by atoms with Crippen molar-refractivity contribution in [2.75, 3.05) is 56.1 Å². The lowest BCUT2D eigenvalue weighted by molar-refractivity contribution is -0.120. The van der Waals surface area contributed by atoms with Crippen LogP contribution in [0, 0.1) is 0 Å². The van der Waals surface area contributed by atoms with Crippen molar-refractivity contribution in [3.8, 4) is 5.75 Å². The first-order valence-electron chi connectivity index (χ1n) is 17.2. The van der Waals surface area contributed by atoms with Crippen molar-refractivity contribution in [1.29, 1.82) is 0 Å². The topological polar surface area (TPSA) is 159 Å². The van der Waals surface area contributed by atoms with Crippen molar-refractivity contribution in [3.63, 3.8) is 0 Å². The largest absolute Gasteiger partial charge is 0.495 e. The summed E-state index contributed by atoms with van der Waals surface area (Å²) in [6.45, 7) is 7.79. The van der Waals surface area contributed by atoms with Crippen molar-refractivity contribution < 1.29 is 33.7 Å². The number of hydrogen-bond donors (Lipinski definition) is 3. The molecule has 1 aromatic carbocycles. The van der Waals surface area contributed by atoms with Gasteiger partial charge in [-0.2, -0.15) is 4.98 Å². The first kappa shape index (κ1) is 36.1. The van der Waals surface area contributed by atoms with E-state index in [0.717, 1.165) is 31.5 Å². The number of carbonyl (C=O) groups is 3. The second-order valence-electron chi connectivity index (χ2n) is 14.1. The van der Waals surface area contributed by atoms with E-state index in [1.54, 1.807) is 41.2 Å².